The van der Waals surface area contributed by atoms with E-state index >= 15 is 0 Å². The molecule has 0 amide bonds. The summed E-state index contributed by atoms with van der Waals surface area (Å²) in [6.07, 6.45) is 1.71. The third kappa shape index (κ3) is 5.40. The molecule has 0 atom stereocenters. The van der Waals surface area contributed by atoms with Gasteiger partial charge in [0.05, 0.1) is 0 Å². The van der Waals surface area contributed by atoms with Gasteiger partial charge in [0.15, 0.2) is 0 Å². The van der Waals surface area contributed by atoms with Crippen LogP contribution in [0.5, 0.6) is 0 Å². The molecule has 208 valence electrons. The number of hydrogen-bond acceptors (Lipinski definition) is 6. The van der Waals surface area contributed by atoms with Crippen LogP contribution in [0.2, 0.25) is 5.02 Å². The van der Waals surface area contributed by atoms with Crippen LogP contribution < -0.4 is 15.8 Å². The van der Waals surface area contributed by atoms with E-state index in [1.165, 1.54) is 11.8 Å². The van der Waals surface area contributed by atoms with Crippen molar-refractivity contribution >= 4 is 40.0 Å². The highest BCUT2D eigenvalue weighted by Gasteiger charge is 2.17. The maximum absolute atomic E-state index is 14.3. The molecule has 6 rings (SSSR count). The summed E-state index contributed by atoms with van der Waals surface area (Å²) in [5.41, 5.74) is 4.49. The lowest BCUT2D eigenvalue weighted by Crippen LogP contribution is -2.44. The van der Waals surface area contributed by atoms with Gasteiger partial charge in [-0.05, 0) is 62.0 Å². The predicted octanol–water partition coefficient (Wildman–Crippen LogP) is 6.43. The van der Waals surface area contributed by atoms with Crippen molar-refractivity contribution in [3.63, 3.8) is 0 Å². The van der Waals surface area contributed by atoms with E-state index in [1.807, 2.05) is 19.1 Å². The zero-order valence-electron chi connectivity index (χ0n) is 22.9. The third-order valence-electron chi connectivity index (χ3n) is 7.58. The molecule has 2 aromatic heterocycles. The summed E-state index contributed by atoms with van der Waals surface area (Å²) in [5, 5.41) is 4.35. The van der Waals surface area contributed by atoms with Gasteiger partial charge in [0.2, 0.25) is 5.95 Å². The Labute approximate surface area is 242 Å². The minimum absolute atomic E-state index is 0.207. The predicted molar refractivity (Wildman–Crippen MR) is 165 cm³/mol. The lowest BCUT2D eigenvalue weighted by atomic mass is 10.00. The lowest BCUT2D eigenvalue weighted by molar-refractivity contribution is 0.313. The fourth-order valence-corrected chi connectivity index (χ4v) is 5.53. The molecule has 0 bridgehead atoms. The summed E-state index contributed by atoms with van der Waals surface area (Å²) in [5.74, 6) is 0.0781. The lowest BCUT2D eigenvalue weighted by Gasteiger charge is -2.34. The summed E-state index contributed by atoms with van der Waals surface area (Å²) >= 11 is 6.65. The van der Waals surface area contributed by atoms with Gasteiger partial charge in [-0.3, -0.25) is 9.36 Å². The van der Waals surface area contributed by atoms with Gasteiger partial charge in [0.1, 0.15) is 11.5 Å². The van der Waals surface area contributed by atoms with Crippen LogP contribution in [0.1, 0.15) is 6.92 Å². The van der Waals surface area contributed by atoms with Gasteiger partial charge in [-0.25, -0.2) is 9.37 Å². The first-order valence-corrected chi connectivity index (χ1v) is 14.0. The highest BCUT2D eigenvalue weighted by Crippen LogP contribution is 2.33. The quantitative estimate of drug-likeness (QED) is 0.254. The number of anilines is 3. The topological polar surface area (TPSA) is 66.3 Å². The number of hydrogen-bond donors (Lipinski definition) is 1. The number of benzene rings is 3. The second-order valence-electron chi connectivity index (χ2n) is 10.2. The molecule has 1 aliphatic rings. The Morgan fingerprint density at radius 2 is 1.68 bits per heavy atom. The van der Waals surface area contributed by atoms with Crippen LogP contribution in [0.3, 0.4) is 0 Å². The number of pyridine rings is 1. The molecule has 0 unspecified atom stereocenters. The van der Waals surface area contributed by atoms with Crippen molar-refractivity contribution in [2.75, 3.05) is 43.4 Å². The average Bonchev–Trinajstić information content (AvgIpc) is 2.98. The molecule has 0 radical (unpaired) electrons. The summed E-state index contributed by atoms with van der Waals surface area (Å²) in [4.78, 5) is 27.5. The van der Waals surface area contributed by atoms with Crippen molar-refractivity contribution in [1.29, 1.82) is 0 Å². The minimum atomic E-state index is -0.331. The summed E-state index contributed by atoms with van der Waals surface area (Å²) in [7, 11) is 2.15. The Bertz CT molecular complexity index is 1780. The number of rotatable bonds is 6. The summed E-state index contributed by atoms with van der Waals surface area (Å²) in [6, 6.07) is 21.8. The summed E-state index contributed by atoms with van der Waals surface area (Å²) < 4.78 is 15.9. The molecule has 3 heterocycles. The maximum Gasteiger partial charge on any atom is 0.260 e. The van der Waals surface area contributed by atoms with Crippen LogP contribution in [0, 0.1) is 5.82 Å². The maximum atomic E-state index is 14.3. The molecule has 0 spiro atoms. The number of aryl methyl sites for hydroxylation is 1. The van der Waals surface area contributed by atoms with Crippen molar-refractivity contribution in [2.45, 2.75) is 13.5 Å². The SMILES string of the molecule is CCn1c(=O)c(-c2ccc(-c3ccccc3F)cc2Cl)cc2cnc(Nc3ccc(N4CCN(C)CC4)cc3)nc21. The number of halogens is 2. The van der Waals surface area contributed by atoms with E-state index in [1.54, 1.807) is 53.2 Å². The van der Waals surface area contributed by atoms with E-state index in [-0.39, 0.29) is 11.4 Å². The van der Waals surface area contributed by atoms with Crippen LogP contribution in [-0.4, -0.2) is 52.7 Å². The first kappa shape index (κ1) is 26.9. The first-order valence-electron chi connectivity index (χ1n) is 13.7. The Morgan fingerprint density at radius 1 is 0.927 bits per heavy atom. The molecule has 1 fully saturated rings. The molecule has 0 aliphatic carbocycles. The van der Waals surface area contributed by atoms with Crippen LogP contribution in [0.25, 0.3) is 33.3 Å². The molecule has 7 nitrogen and oxygen atoms in total. The molecule has 9 heteroatoms. The average molecular weight is 569 g/mol. The van der Waals surface area contributed by atoms with Crippen molar-refractivity contribution in [3.8, 4) is 22.3 Å². The Kier molecular flexibility index (Phi) is 7.43. The van der Waals surface area contributed by atoms with Crippen molar-refractivity contribution in [2.24, 2.45) is 0 Å². The summed E-state index contributed by atoms with van der Waals surface area (Å²) in [6.45, 7) is 6.45. The van der Waals surface area contributed by atoms with Crippen molar-refractivity contribution < 1.29 is 4.39 Å². The van der Waals surface area contributed by atoms with Gasteiger partial charge in [0.25, 0.3) is 5.56 Å². The number of piperazine rings is 1. The van der Waals surface area contributed by atoms with Gasteiger partial charge >= 0.3 is 0 Å². The molecule has 1 N–H and O–H groups in total. The van der Waals surface area contributed by atoms with Gasteiger partial charge in [-0.15, -0.1) is 0 Å². The number of nitrogens with zero attached hydrogens (tertiary/aromatic N) is 5. The fourth-order valence-electron chi connectivity index (χ4n) is 5.25. The fraction of sp³-hybridized carbons (Fsp3) is 0.219. The number of fused-ring (bicyclic) bond motifs is 1. The van der Waals surface area contributed by atoms with Crippen LogP contribution in [0.4, 0.5) is 21.7 Å². The van der Waals surface area contributed by atoms with Crippen LogP contribution >= 0.6 is 11.6 Å². The van der Waals surface area contributed by atoms with E-state index in [9.17, 15) is 9.18 Å². The molecular weight excluding hydrogens is 539 g/mol. The second-order valence-corrected chi connectivity index (χ2v) is 10.6. The zero-order valence-corrected chi connectivity index (χ0v) is 23.7. The Morgan fingerprint density at radius 3 is 2.39 bits per heavy atom. The van der Waals surface area contributed by atoms with E-state index in [4.69, 9.17) is 16.6 Å². The van der Waals surface area contributed by atoms with Crippen molar-refractivity contribution in [1.82, 2.24) is 19.4 Å². The Balaban J connectivity index is 1.29. The number of likely N-dealkylation sites (N-methyl/N-ethyl adjacent to an activating group) is 1. The Hall–Kier alpha value is -4.27. The number of aromatic nitrogens is 3. The standard InChI is InChI=1S/C32H30ClFN6O/c1-3-40-30-22(18-27(31(40)41)26-13-8-21(19-28(26)33)25-6-4-5-7-29(25)34)20-35-32(37-30)36-23-9-11-24(12-10-23)39-16-14-38(2)15-17-39/h4-13,18-20H,3,14-17H2,1-2H3,(H,35,36,37). The smallest absolute Gasteiger partial charge is 0.260 e. The zero-order chi connectivity index (χ0) is 28.5. The largest absolute Gasteiger partial charge is 0.369 e. The van der Waals surface area contributed by atoms with Crippen LogP contribution in [-0.2, 0) is 6.54 Å². The van der Waals surface area contributed by atoms with Gasteiger partial charge < -0.3 is 15.1 Å². The van der Waals surface area contributed by atoms with Gasteiger partial charge in [-0.2, -0.15) is 4.98 Å². The molecule has 0 saturated carbocycles. The van der Waals surface area contributed by atoms with Gasteiger partial charge in [0, 0.05) is 77.4 Å². The molecule has 1 saturated heterocycles. The normalized spacial score (nSPS) is 14.0. The molecule has 5 aromatic rings. The van der Waals surface area contributed by atoms with E-state index < -0.39 is 0 Å². The van der Waals surface area contributed by atoms with Gasteiger partial charge in [-0.1, -0.05) is 41.9 Å². The molecule has 3 aromatic carbocycles. The minimum Gasteiger partial charge on any atom is -0.369 e. The second kappa shape index (κ2) is 11.3. The first-order chi connectivity index (χ1) is 19.9. The molecule has 1 aliphatic heterocycles. The van der Waals surface area contributed by atoms with Crippen molar-refractivity contribution in [3.05, 3.63) is 100 Å². The van der Waals surface area contributed by atoms with E-state index in [2.05, 4.69) is 39.3 Å². The van der Waals surface area contributed by atoms with E-state index in [0.29, 0.717) is 50.8 Å². The van der Waals surface area contributed by atoms with E-state index in [0.717, 1.165) is 31.9 Å². The molecular formula is C32H30ClFN6O. The molecule has 41 heavy (non-hydrogen) atoms. The highest BCUT2D eigenvalue weighted by molar-refractivity contribution is 6.33. The third-order valence-corrected chi connectivity index (χ3v) is 7.89. The monoisotopic (exact) mass is 568 g/mol. The number of nitrogens with one attached hydrogen (secondary N) is 1. The van der Waals surface area contributed by atoms with Crippen LogP contribution in [0.15, 0.2) is 83.8 Å². The highest BCUT2D eigenvalue weighted by atomic mass is 35.5.